The van der Waals surface area contributed by atoms with Gasteiger partial charge in [0.25, 0.3) is 0 Å². The van der Waals surface area contributed by atoms with E-state index in [2.05, 4.69) is 0 Å². The van der Waals surface area contributed by atoms with Crippen molar-refractivity contribution in [3.8, 4) is 5.75 Å². The highest BCUT2D eigenvalue weighted by atomic mass is 16.5. The molecule has 5 heteroatoms. The number of carbonyl (C=O) groups is 1. The lowest BCUT2D eigenvalue weighted by Gasteiger charge is -2.45. The first kappa shape index (κ1) is 13.8. The Kier molecular flexibility index (Phi) is 3.52. The van der Waals surface area contributed by atoms with Gasteiger partial charge >= 0.3 is 5.97 Å². The van der Waals surface area contributed by atoms with E-state index >= 15 is 0 Å². The molecule has 0 spiro atoms. The first-order chi connectivity index (χ1) is 8.94. The standard InChI is InChI=1S/C14H19NO4/c1-8-9(2)11(18-3)5-4-10(8)14(6-19-7-14)12(15)13(16)17/h4-5,12H,6-7,15H2,1-3H3,(H,16,17). The van der Waals surface area contributed by atoms with Gasteiger partial charge in [-0.05, 0) is 36.6 Å². The van der Waals surface area contributed by atoms with E-state index in [1.165, 1.54) is 0 Å². The van der Waals surface area contributed by atoms with Gasteiger partial charge in [-0.2, -0.15) is 0 Å². The third kappa shape index (κ3) is 1.99. The maximum atomic E-state index is 11.2. The number of carboxylic acids is 1. The quantitative estimate of drug-likeness (QED) is 0.848. The van der Waals surface area contributed by atoms with E-state index < -0.39 is 17.4 Å². The number of carboxylic acid groups (broad SMARTS) is 1. The second-order valence-corrected chi connectivity index (χ2v) is 5.03. The Hall–Kier alpha value is -1.59. The summed E-state index contributed by atoms with van der Waals surface area (Å²) in [5, 5.41) is 9.20. The minimum atomic E-state index is -1.00. The zero-order valence-electron chi connectivity index (χ0n) is 11.4. The highest BCUT2D eigenvalue weighted by molar-refractivity contribution is 5.76. The lowest BCUT2D eigenvalue weighted by molar-refractivity contribution is -0.148. The van der Waals surface area contributed by atoms with Crippen LogP contribution in [0.5, 0.6) is 5.75 Å². The summed E-state index contributed by atoms with van der Waals surface area (Å²) in [7, 11) is 1.62. The number of methoxy groups -OCH3 is 1. The van der Waals surface area contributed by atoms with E-state index in [-0.39, 0.29) is 0 Å². The van der Waals surface area contributed by atoms with Crippen LogP contribution in [0.4, 0.5) is 0 Å². The lowest BCUT2D eigenvalue weighted by atomic mass is 9.70. The Morgan fingerprint density at radius 2 is 2.05 bits per heavy atom. The molecule has 1 saturated heterocycles. The minimum absolute atomic E-state index is 0.340. The fourth-order valence-electron chi connectivity index (χ4n) is 2.62. The Balaban J connectivity index is 2.51. The molecule has 1 aromatic rings. The van der Waals surface area contributed by atoms with Crippen LogP contribution < -0.4 is 10.5 Å². The van der Waals surface area contributed by atoms with Crippen LogP contribution in [0, 0.1) is 13.8 Å². The smallest absolute Gasteiger partial charge is 0.321 e. The summed E-state index contributed by atoms with van der Waals surface area (Å²) < 4.78 is 10.5. The molecule has 0 aromatic heterocycles. The molecule has 19 heavy (non-hydrogen) atoms. The molecule has 0 aliphatic carbocycles. The third-order valence-electron chi connectivity index (χ3n) is 4.07. The van der Waals surface area contributed by atoms with Crippen molar-refractivity contribution in [1.82, 2.24) is 0 Å². The Morgan fingerprint density at radius 3 is 2.47 bits per heavy atom. The maximum Gasteiger partial charge on any atom is 0.321 e. The van der Waals surface area contributed by atoms with Gasteiger partial charge in [-0.15, -0.1) is 0 Å². The fraction of sp³-hybridized carbons (Fsp3) is 0.500. The molecule has 0 saturated carbocycles. The Labute approximate surface area is 112 Å². The summed E-state index contributed by atoms with van der Waals surface area (Å²) in [5.41, 5.74) is 8.19. The average Bonchev–Trinajstić information content (AvgIpc) is 2.33. The number of nitrogens with two attached hydrogens (primary N) is 1. The van der Waals surface area contributed by atoms with Crippen LogP contribution in [-0.4, -0.2) is 37.4 Å². The molecule has 1 aromatic carbocycles. The van der Waals surface area contributed by atoms with Gasteiger partial charge in [-0.25, -0.2) is 0 Å². The van der Waals surface area contributed by atoms with Gasteiger partial charge in [0.1, 0.15) is 11.8 Å². The summed E-state index contributed by atoms with van der Waals surface area (Å²) in [4.78, 5) is 11.2. The first-order valence-corrected chi connectivity index (χ1v) is 6.15. The zero-order valence-corrected chi connectivity index (χ0v) is 11.4. The summed E-state index contributed by atoms with van der Waals surface area (Å²) in [6, 6.07) is 2.78. The molecular formula is C14H19NO4. The molecule has 1 aliphatic rings. The minimum Gasteiger partial charge on any atom is -0.496 e. The second kappa shape index (κ2) is 4.83. The van der Waals surface area contributed by atoms with E-state index in [1.54, 1.807) is 7.11 Å². The van der Waals surface area contributed by atoms with Gasteiger partial charge in [0.15, 0.2) is 0 Å². The van der Waals surface area contributed by atoms with Crippen molar-refractivity contribution in [1.29, 1.82) is 0 Å². The number of ether oxygens (including phenoxy) is 2. The van der Waals surface area contributed by atoms with Crippen molar-refractivity contribution in [2.45, 2.75) is 25.3 Å². The lowest BCUT2D eigenvalue weighted by Crippen LogP contribution is -2.62. The Bertz CT molecular complexity index is 508. The van der Waals surface area contributed by atoms with Crippen molar-refractivity contribution in [3.05, 3.63) is 28.8 Å². The summed E-state index contributed by atoms with van der Waals surface area (Å²) >= 11 is 0. The van der Waals surface area contributed by atoms with Gasteiger partial charge in [-0.3, -0.25) is 4.79 Å². The van der Waals surface area contributed by atoms with Crippen LogP contribution >= 0.6 is 0 Å². The number of hydrogen-bond acceptors (Lipinski definition) is 4. The molecule has 0 radical (unpaired) electrons. The molecule has 5 nitrogen and oxygen atoms in total. The SMILES string of the molecule is COc1ccc(C2(C(N)C(=O)O)COC2)c(C)c1C. The average molecular weight is 265 g/mol. The van der Waals surface area contributed by atoms with E-state index in [9.17, 15) is 9.90 Å². The molecule has 0 bridgehead atoms. The highest BCUT2D eigenvalue weighted by Gasteiger charge is 2.49. The van der Waals surface area contributed by atoms with Gasteiger partial charge in [0, 0.05) is 0 Å². The molecule has 1 atom stereocenters. The first-order valence-electron chi connectivity index (χ1n) is 6.15. The van der Waals surface area contributed by atoms with Gasteiger partial charge in [0.05, 0.1) is 25.7 Å². The Morgan fingerprint density at radius 1 is 1.42 bits per heavy atom. The van der Waals surface area contributed by atoms with Crippen LogP contribution in [0.2, 0.25) is 0 Å². The van der Waals surface area contributed by atoms with E-state index in [4.69, 9.17) is 15.2 Å². The molecule has 0 amide bonds. The normalized spacial score (nSPS) is 18.5. The van der Waals surface area contributed by atoms with Crippen LogP contribution in [0.3, 0.4) is 0 Å². The summed E-state index contributed by atoms with van der Waals surface area (Å²) in [6.07, 6.45) is 0. The van der Waals surface area contributed by atoms with Crippen molar-refractivity contribution < 1.29 is 19.4 Å². The number of benzene rings is 1. The number of aliphatic carboxylic acids is 1. The molecular weight excluding hydrogens is 246 g/mol. The molecule has 1 aliphatic heterocycles. The van der Waals surface area contributed by atoms with Gasteiger partial charge < -0.3 is 20.3 Å². The molecule has 3 N–H and O–H groups in total. The highest BCUT2D eigenvalue weighted by Crippen LogP contribution is 2.39. The molecule has 104 valence electrons. The summed E-state index contributed by atoms with van der Waals surface area (Å²) in [6.45, 7) is 4.60. The maximum absolute atomic E-state index is 11.2. The zero-order chi connectivity index (χ0) is 14.2. The van der Waals surface area contributed by atoms with Crippen molar-refractivity contribution in [2.75, 3.05) is 20.3 Å². The van der Waals surface area contributed by atoms with Gasteiger partial charge in [-0.1, -0.05) is 6.07 Å². The van der Waals surface area contributed by atoms with Crippen molar-refractivity contribution in [2.24, 2.45) is 5.73 Å². The van der Waals surface area contributed by atoms with Gasteiger partial charge in [0.2, 0.25) is 0 Å². The third-order valence-corrected chi connectivity index (χ3v) is 4.07. The van der Waals surface area contributed by atoms with E-state index in [0.29, 0.717) is 13.2 Å². The largest absolute Gasteiger partial charge is 0.496 e. The van der Waals surface area contributed by atoms with E-state index in [0.717, 1.165) is 22.4 Å². The van der Waals surface area contributed by atoms with E-state index in [1.807, 2.05) is 26.0 Å². The van der Waals surface area contributed by atoms with Crippen LogP contribution in [0.1, 0.15) is 16.7 Å². The van der Waals surface area contributed by atoms with Crippen LogP contribution in [0.15, 0.2) is 12.1 Å². The number of hydrogen-bond donors (Lipinski definition) is 2. The van der Waals surface area contributed by atoms with Crippen molar-refractivity contribution in [3.63, 3.8) is 0 Å². The van der Waals surface area contributed by atoms with Crippen molar-refractivity contribution >= 4 is 5.97 Å². The molecule has 1 fully saturated rings. The molecule has 1 unspecified atom stereocenters. The number of rotatable bonds is 4. The van der Waals surface area contributed by atoms with Crippen LogP contribution in [-0.2, 0) is 14.9 Å². The predicted octanol–water partition coefficient (Wildman–Crippen LogP) is 0.992. The van der Waals surface area contributed by atoms with Crippen LogP contribution in [0.25, 0.3) is 0 Å². The molecule has 2 rings (SSSR count). The monoisotopic (exact) mass is 265 g/mol. The second-order valence-electron chi connectivity index (χ2n) is 5.03. The summed E-state index contributed by atoms with van der Waals surface area (Å²) in [5.74, 6) is -0.211. The molecule has 1 heterocycles. The fourth-order valence-corrected chi connectivity index (χ4v) is 2.62. The predicted molar refractivity (Wildman–Crippen MR) is 70.6 cm³/mol. The topological polar surface area (TPSA) is 81.8 Å².